The van der Waals surface area contributed by atoms with E-state index in [-0.39, 0.29) is 0 Å². The number of nitriles is 1. The van der Waals surface area contributed by atoms with Crippen LogP contribution in [-0.2, 0) is 17.8 Å². The average Bonchev–Trinajstić information content (AvgIpc) is 2.62. The molecule has 0 aliphatic carbocycles. The second kappa shape index (κ2) is 7.77. The van der Waals surface area contributed by atoms with Crippen molar-refractivity contribution >= 4 is 12.0 Å². The topological polar surface area (TPSA) is 79.5 Å². The van der Waals surface area contributed by atoms with Crippen LogP contribution in [0.4, 0.5) is 5.82 Å². The molecule has 1 aliphatic rings. The summed E-state index contributed by atoms with van der Waals surface area (Å²) in [7, 11) is 1.60. The fourth-order valence-corrected chi connectivity index (χ4v) is 2.84. The number of nitrogens with one attached hydrogen (secondary N) is 1. The first-order valence-corrected chi connectivity index (χ1v) is 8.15. The van der Waals surface area contributed by atoms with Crippen LogP contribution >= 0.6 is 0 Å². The Hall–Kier alpha value is -2.91. The van der Waals surface area contributed by atoms with Crippen molar-refractivity contribution in [3.05, 3.63) is 52.2 Å². The van der Waals surface area contributed by atoms with Crippen LogP contribution in [0.3, 0.4) is 0 Å². The quantitative estimate of drug-likeness (QED) is 0.670. The zero-order valence-corrected chi connectivity index (χ0v) is 14.4. The van der Waals surface area contributed by atoms with Crippen molar-refractivity contribution in [2.45, 2.75) is 26.4 Å². The normalized spacial score (nSPS) is 13.2. The van der Waals surface area contributed by atoms with E-state index in [0.717, 1.165) is 42.0 Å². The number of nitrogens with zero attached hydrogens (tertiary/aromatic N) is 3. The van der Waals surface area contributed by atoms with Crippen molar-refractivity contribution in [2.24, 2.45) is 5.10 Å². The Morgan fingerprint density at radius 2 is 2.32 bits per heavy atom. The molecule has 1 aromatic heterocycles. The molecule has 0 amide bonds. The van der Waals surface area contributed by atoms with E-state index < -0.39 is 0 Å². The third-order valence-electron chi connectivity index (χ3n) is 3.96. The molecule has 0 radical (unpaired) electrons. The maximum Gasteiger partial charge on any atom is 0.164 e. The Morgan fingerprint density at radius 1 is 1.44 bits per heavy atom. The smallest absolute Gasteiger partial charge is 0.164 e. The third-order valence-corrected chi connectivity index (χ3v) is 3.96. The zero-order valence-electron chi connectivity index (χ0n) is 14.4. The summed E-state index contributed by atoms with van der Waals surface area (Å²) in [5, 5.41) is 13.7. The van der Waals surface area contributed by atoms with Crippen molar-refractivity contribution in [3.8, 4) is 11.8 Å². The number of benzene rings is 1. The number of hydrogen-bond donors (Lipinski definition) is 1. The van der Waals surface area contributed by atoms with Gasteiger partial charge in [0.05, 0.1) is 19.4 Å². The molecule has 0 atom stereocenters. The number of hydrazone groups is 1. The van der Waals surface area contributed by atoms with E-state index in [2.05, 4.69) is 27.6 Å². The summed E-state index contributed by atoms with van der Waals surface area (Å²) in [6.07, 6.45) is 3.77. The molecule has 2 heterocycles. The van der Waals surface area contributed by atoms with Crippen LogP contribution in [0.25, 0.3) is 0 Å². The number of anilines is 1. The predicted octanol–water partition coefficient (Wildman–Crippen LogP) is 3.18. The first-order chi connectivity index (χ1) is 12.2. The second-order valence-electron chi connectivity index (χ2n) is 5.88. The van der Waals surface area contributed by atoms with E-state index in [1.54, 1.807) is 13.3 Å². The lowest BCUT2D eigenvalue weighted by atomic mass is 10.0. The van der Waals surface area contributed by atoms with Gasteiger partial charge in [0.2, 0.25) is 0 Å². The molecule has 1 N–H and O–H groups in total. The van der Waals surface area contributed by atoms with Crippen LogP contribution in [-0.4, -0.2) is 24.9 Å². The number of hydrogen-bond acceptors (Lipinski definition) is 6. The molecule has 2 aromatic rings. The number of aromatic nitrogens is 1. The van der Waals surface area contributed by atoms with E-state index in [9.17, 15) is 5.26 Å². The maximum absolute atomic E-state index is 9.41. The van der Waals surface area contributed by atoms with E-state index >= 15 is 0 Å². The Balaban J connectivity index is 1.79. The minimum Gasteiger partial charge on any atom is -0.493 e. The van der Waals surface area contributed by atoms with Crippen LogP contribution in [0.1, 0.15) is 34.4 Å². The van der Waals surface area contributed by atoms with Crippen LogP contribution in [0.5, 0.6) is 5.75 Å². The molecule has 0 unspecified atom stereocenters. The van der Waals surface area contributed by atoms with Crippen molar-refractivity contribution < 1.29 is 9.47 Å². The van der Waals surface area contributed by atoms with Gasteiger partial charge in [-0.15, -0.1) is 0 Å². The SMILES string of the molecule is COCc1cc(C)nc(N/N=C/c2ccc3c(c2)CCCO3)c1C#N. The highest BCUT2D eigenvalue weighted by atomic mass is 16.5. The molecule has 128 valence electrons. The van der Waals surface area contributed by atoms with Gasteiger partial charge in [0.25, 0.3) is 0 Å². The molecule has 0 bridgehead atoms. The number of ether oxygens (including phenoxy) is 2. The molecular weight excluding hydrogens is 316 g/mol. The molecule has 3 rings (SSSR count). The van der Waals surface area contributed by atoms with E-state index in [4.69, 9.17) is 9.47 Å². The largest absolute Gasteiger partial charge is 0.493 e. The predicted molar refractivity (Wildman–Crippen MR) is 95.9 cm³/mol. The highest BCUT2D eigenvalue weighted by molar-refractivity contribution is 5.81. The minimum absolute atomic E-state index is 0.357. The monoisotopic (exact) mass is 336 g/mol. The van der Waals surface area contributed by atoms with Crippen molar-refractivity contribution in [3.63, 3.8) is 0 Å². The fourth-order valence-electron chi connectivity index (χ4n) is 2.84. The first-order valence-electron chi connectivity index (χ1n) is 8.15. The summed E-state index contributed by atoms with van der Waals surface area (Å²) < 4.78 is 10.8. The van der Waals surface area contributed by atoms with E-state index in [1.807, 2.05) is 25.1 Å². The molecule has 0 spiro atoms. The van der Waals surface area contributed by atoms with Gasteiger partial charge in [0, 0.05) is 18.4 Å². The maximum atomic E-state index is 9.41. The molecule has 6 nitrogen and oxygen atoms in total. The summed E-state index contributed by atoms with van der Waals surface area (Å²) in [5.74, 6) is 1.39. The van der Waals surface area contributed by atoms with Crippen LogP contribution in [0.2, 0.25) is 0 Å². The molecule has 25 heavy (non-hydrogen) atoms. The highest BCUT2D eigenvalue weighted by Gasteiger charge is 2.11. The van der Waals surface area contributed by atoms with Crippen LogP contribution in [0.15, 0.2) is 29.4 Å². The second-order valence-corrected chi connectivity index (χ2v) is 5.88. The van der Waals surface area contributed by atoms with Gasteiger partial charge in [-0.3, -0.25) is 5.43 Å². The van der Waals surface area contributed by atoms with Crippen molar-refractivity contribution in [1.82, 2.24) is 4.98 Å². The standard InChI is InChI=1S/C19H20N4O2/c1-13-8-16(12-24-2)17(10-20)19(22-13)23-21-11-14-5-6-18-15(9-14)4-3-7-25-18/h5-6,8-9,11H,3-4,7,12H2,1-2H3,(H,22,23)/b21-11+. The van der Waals surface area contributed by atoms with E-state index in [1.165, 1.54) is 5.56 Å². The fraction of sp³-hybridized carbons (Fsp3) is 0.316. The number of aryl methyl sites for hydroxylation is 2. The lowest BCUT2D eigenvalue weighted by molar-refractivity contribution is 0.184. The van der Waals surface area contributed by atoms with Gasteiger partial charge < -0.3 is 9.47 Å². The lowest BCUT2D eigenvalue weighted by Crippen LogP contribution is -2.08. The Labute approximate surface area is 147 Å². The number of fused-ring (bicyclic) bond motifs is 1. The number of rotatable bonds is 5. The van der Waals surface area contributed by atoms with Gasteiger partial charge in [-0.2, -0.15) is 10.4 Å². The summed E-state index contributed by atoms with van der Waals surface area (Å²) >= 11 is 0. The summed E-state index contributed by atoms with van der Waals surface area (Å²) in [6.45, 7) is 3.01. The Morgan fingerprint density at radius 3 is 3.12 bits per heavy atom. The van der Waals surface area contributed by atoms with Crippen LogP contribution in [0, 0.1) is 18.3 Å². The summed E-state index contributed by atoms with van der Waals surface area (Å²) in [6, 6.07) is 10.0. The number of pyridine rings is 1. The molecular formula is C19H20N4O2. The van der Waals surface area contributed by atoms with Gasteiger partial charge in [0.1, 0.15) is 17.4 Å². The van der Waals surface area contributed by atoms with Crippen molar-refractivity contribution in [1.29, 1.82) is 5.26 Å². The zero-order chi connectivity index (χ0) is 17.6. The van der Waals surface area contributed by atoms with Gasteiger partial charge in [-0.25, -0.2) is 4.98 Å². The average molecular weight is 336 g/mol. The van der Waals surface area contributed by atoms with Gasteiger partial charge >= 0.3 is 0 Å². The van der Waals surface area contributed by atoms with Crippen LogP contribution < -0.4 is 10.2 Å². The summed E-state index contributed by atoms with van der Waals surface area (Å²) in [5.41, 5.74) is 7.09. The Bertz CT molecular complexity index is 840. The molecule has 6 heteroatoms. The number of methoxy groups -OCH3 is 1. The molecule has 1 aromatic carbocycles. The van der Waals surface area contributed by atoms with Crippen molar-refractivity contribution in [2.75, 3.05) is 19.1 Å². The molecule has 0 saturated carbocycles. The molecule has 0 saturated heterocycles. The lowest BCUT2D eigenvalue weighted by Gasteiger charge is -2.17. The first kappa shape index (κ1) is 16.9. The van der Waals surface area contributed by atoms with Gasteiger partial charge in [-0.05, 0) is 55.2 Å². The van der Waals surface area contributed by atoms with E-state index in [0.29, 0.717) is 18.0 Å². The summed E-state index contributed by atoms with van der Waals surface area (Å²) in [4.78, 5) is 4.37. The van der Waals surface area contributed by atoms with Gasteiger partial charge in [0.15, 0.2) is 5.82 Å². The Kier molecular flexibility index (Phi) is 5.26. The highest BCUT2D eigenvalue weighted by Crippen LogP contribution is 2.25. The molecule has 1 aliphatic heterocycles. The molecule has 0 fully saturated rings. The minimum atomic E-state index is 0.357. The van der Waals surface area contributed by atoms with Gasteiger partial charge in [-0.1, -0.05) is 0 Å². The third kappa shape index (κ3) is 3.95.